The van der Waals surface area contributed by atoms with Crippen molar-refractivity contribution in [2.24, 2.45) is 0 Å². The van der Waals surface area contributed by atoms with Crippen LogP contribution in [0, 0.1) is 0 Å². The molecule has 0 aromatic heterocycles. The van der Waals surface area contributed by atoms with Crippen molar-refractivity contribution >= 4 is 12.0 Å². The van der Waals surface area contributed by atoms with Gasteiger partial charge >= 0.3 is 6.09 Å². The highest BCUT2D eigenvalue weighted by Gasteiger charge is 2.50. The summed E-state index contributed by atoms with van der Waals surface area (Å²) in [6.07, 6.45) is -1.11. The Labute approximate surface area is 111 Å². The topological polar surface area (TPSA) is 70.1 Å². The first-order valence-electron chi connectivity index (χ1n) is 5.97. The molecule has 1 fully saturated rings. The van der Waals surface area contributed by atoms with Gasteiger partial charge in [-0.3, -0.25) is 14.5 Å². The molecule has 1 heterocycles. The summed E-state index contributed by atoms with van der Waals surface area (Å²) in [6.45, 7) is 1.95. The molecule has 19 heavy (non-hydrogen) atoms. The molecular weight excluding hydrogens is 248 g/mol. The molecule has 6 nitrogen and oxygen atoms in total. The zero-order valence-electron chi connectivity index (χ0n) is 10.8. The summed E-state index contributed by atoms with van der Waals surface area (Å²) in [4.78, 5) is 29.2. The second-order valence-corrected chi connectivity index (χ2v) is 4.43. The van der Waals surface area contributed by atoms with Gasteiger partial charge in [0.2, 0.25) is 0 Å². The van der Waals surface area contributed by atoms with E-state index in [1.54, 1.807) is 6.92 Å². The highest BCUT2D eigenvalue weighted by molar-refractivity contribution is 5.91. The van der Waals surface area contributed by atoms with Gasteiger partial charge in [-0.2, -0.15) is 0 Å². The predicted molar refractivity (Wildman–Crippen MR) is 67.1 cm³/mol. The maximum atomic E-state index is 11.8. The fourth-order valence-electron chi connectivity index (χ4n) is 2.30. The van der Waals surface area contributed by atoms with E-state index in [2.05, 4.69) is 0 Å². The Kier molecular flexibility index (Phi) is 3.71. The van der Waals surface area contributed by atoms with Crippen LogP contribution in [0.25, 0.3) is 0 Å². The van der Waals surface area contributed by atoms with Gasteiger partial charge in [0.05, 0.1) is 13.2 Å². The normalized spacial score (nSPS) is 22.0. The van der Waals surface area contributed by atoms with Crippen LogP contribution >= 0.6 is 0 Å². The van der Waals surface area contributed by atoms with Crippen LogP contribution < -0.4 is 0 Å². The second-order valence-electron chi connectivity index (χ2n) is 4.43. The Morgan fingerprint density at radius 3 is 2.53 bits per heavy atom. The summed E-state index contributed by atoms with van der Waals surface area (Å²) in [5.74, 6) is -0.326. The highest BCUT2D eigenvalue weighted by atomic mass is 16.7. The molecule has 6 heteroatoms. The largest absolute Gasteiger partial charge is 0.465 e. The SMILES string of the molecule is CON1C(=O)[C@@H](N(Cc2ccccc2)C(=O)O)[C@H]1C. The van der Waals surface area contributed by atoms with Crippen LogP contribution in [0.3, 0.4) is 0 Å². The Bertz CT molecular complexity index is 477. The molecule has 1 aliphatic rings. The van der Waals surface area contributed by atoms with Gasteiger partial charge in [-0.25, -0.2) is 9.86 Å². The quantitative estimate of drug-likeness (QED) is 0.833. The molecule has 2 amide bonds. The molecule has 0 unspecified atom stereocenters. The summed E-state index contributed by atoms with van der Waals surface area (Å²) in [5.41, 5.74) is 0.848. The first-order valence-corrected chi connectivity index (χ1v) is 5.97. The van der Waals surface area contributed by atoms with Crippen molar-refractivity contribution in [3.05, 3.63) is 35.9 Å². The van der Waals surface area contributed by atoms with E-state index in [4.69, 9.17) is 4.84 Å². The van der Waals surface area contributed by atoms with E-state index < -0.39 is 12.1 Å². The van der Waals surface area contributed by atoms with Crippen LogP contribution in [0.15, 0.2) is 30.3 Å². The van der Waals surface area contributed by atoms with Crippen LogP contribution in [0.1, 0.15) is 12.5 Å². The van der Waals surface area contributed by atoms with E-state index in [9.17, 15) is 14.7 Å². The van der Waals surface area contributed by atoms with Crippen molar-refractivity contribution in [2.45, 2.75) is 25.6 Å². The third-order valence-corrected chi connectivity index (χ3v) is 3.27. The molecule has 0 bridgehead atoms. The van der Waals surface area contributed by atoms with E-state index in [0.29, 0.717) is 0 Å². The lowest BCUT2D eigenvalue weighted by Crippen LogP contribution is -2.69. The van der Waals surface area contributed by atoms with Gasteiger partial charge < -0.3 is 5.11 Å². The van der Waals surface area contributed by atoms with Crippen LogP contribution in [0.5, 0.6) is 0 Å². The summed E-state index contributed by atoms with van der Waals surface area (Å²) in [7, 11) is 1.40. The number of carbonyl (C=O) groups is 2. The standard InChI is InChI=1S/C13H16N2O4/c1-9-11(12(16)15(9)19-2)14(13(17)18)8-10-6-4-3-5-7-10/h3-7,9,11H,8H2,1-2H3,(H,17,18)/t9-,11+/m1/s1. The maximum absolute atomic E-state index is 11.8. The molecule has 2 atom stereocenters. The fraction of sp³-hybridized carbons (Fsp3) is 0.385. The van der Waals surface area contributed by atoms with Crippen molar-refractivity contribution in [1.29, 1.82) is 0 Å². The Morgan fingerprint density at radius 1 is 1.42 bits per heavy atom. The van der Waals surface area contributed by atoms with Crippen molar-refractivity contribution in [2.75, 3.05) is 7.11 Å². The van der Waals surface area contributed by atoms with Crippen molar-refractivity contribution in [3.8, 4) is 0 Å². The summed E-state index contributed by atoms with van der Waals surface area (Å²) >= 11 is 0. The molecule has 0 spiro atoms. The number of carbonyl (C=O) groups excluding carboxylic acids is 1. The number of hydroxylamine groups is 2. The zero-order valence-corrected chi connectivity index (χ0v) is 10.8. The van der Waals surface area contributed by atoms with Crippen LogP contribution in [-0.2, 0) is 16.2 Å². The molecule has 2 rings (SSSR count). The molecule has 1 aliphatic heterocycles. The molecule has 1 N–H and O–H groups in total. The molecule has 0 radical (unpaired) electrons. The number of amides is 2. The summed E-state index contributed by atoms with van der Waals surface area (Å²) in [5, 5.41) is 10.5. The minimum absolute atomic E-state index is 0.189. The van der Waals surface area contributed by atoms with Crippen molar-refractivity contribution in [1.82, 2.24) is 9.96 Å². The minimum atomic E-state index is -1.11. The lowest BCUT2D eigenvalue weighted by molar-refractivity contribution is -0.229. The van der Waals surface area contributed by atoms with Gasteiger partial charge in [0.1, 0.15) is 6.04 Å². The monoisotopic (exact) mass is 264 g/mol. The third-order valence-electron chi connectivity index (χ3n) is 3.27. The molecule has 1 aromatic rings. The lowest BCUT2D eigenvalue weighted by Gasteiger charge is -2.46. The average molecular weight is 264 g/mol. The number of carboxylic acid groups (broad SMARTS) is 1. The van der Waals surface area contributed by atoms with Crippen molar-refractivity contribution < 1.29 is 19.5 Å². The zero-order chi connectivity index (χ0) is 14.0. The number of hydrogen-bond acceptors (Lipinski definition) is 3. The first kappa shape index (κ1) is 13.4. The molecule has 1 aromatic carbocycles. The summed E-state index contributed by atoms with van der Waals surface area (Å²) in [6, 6.07) is 8.23. The van der Waals surface area contributed by atoms with Gasteiger partial charge in [0.15, 0.2) is 0 Å². The smallest absolute Gasteiger partial charge is 0.408 e. The second kappa shape index (κ2) is 5.27. The van der Waals surface area contributed by atoms with E-state index >= 15 is 0 Å². The number of rotatable bonds is 4. The number of β-lactam (4-membered cyclic amide) rings is 1. The average Bonchev–Trinajstić information content (AvgIpc) is 2.39. The number of hydrogen-bond donors (Lipinski definition) is 1. The van der Waals surface area contributed by atoms with Gasteiger partial charge in [0, 0.05) is 6.54 Å². The number of nitrogens with zero attached hydrogens (tertiary/aromatic N) is 2. The Hall–Kier alpha value is -2.08. The van der Waals surface area contributed by atoms with Gasteiger partial charge in [-0.1, -0.05) is 30.3 Å². The van der Waals surface area contributed by atoms with Crippen LogP contribution in [0.4, 0.5) is 4.79 Å². The van der Waals surface area contributed by atoms with E-state index in [1.807, 2.05) is 30.3 Å². The Balaban J connectivity index is 2.14. The van der Waals surface area contributed by atoms with Gasteiger partial charge in [-0.15, -0.1) is 0 Å². The third kappa shape index (κ3) is 2.39. The van der Waals surface area contributed by atoms with Crippen LogP contribution in [-0.4, -0.2) is 46.3 Å². The number of benzene rings is 1. The predicted octanol–water partition coefficient (Wildman–Crippen LogP) is 1.33. The van der Waals surface area contributed by atoms with Gasteiger partial charge in [0.25, 0.3) is 5.91 Å². The molecule has 0 aliphatic carbocycles. The van der Waals surface area contributed by atoms with Crippen molar-refractivity contribution in [3.63, 3.8) is 0 Å². The molecule has 1 saturated heterocycles. The molecule has 0 saturated carbocycles. The van der Waals surface area contributed by atoms with E-state index in [0.717, 1.165) is 10.5 Å². The highest BCUT2D eigenvalue weighted by Crippen LogP contribution is 2.26. The van der Waals surface area contributed by atoms with Gasteiger partial charge in [-0.05, 0) is 12.5 Å². The minimum Gasteiger partial charge on any atom is -0.465 e. The maximum Gasteiger partial charge on any atom is 0.408 e. The Morgan fingerprint density at radius 2 is 2.05 bits per heavy atom. The van der Waals surface area contributed by atoms with Crippen LogP contribution in [0.2, 0.25) is 0 Å². The lowest BCUT2D eigenvalue weighted by atomic mass is 9.98. The molecular formula is C13H16N2O4. The first-order chi connectivity index (χ1) is 9.06. The van der Waals surface area contributed by atoms with E-state index in [1.165, 1.54) is 12.2 Å². The molecule has 102 valence electrons. The van der Waals surface area contributed by atoms with E-state index in [-0.39, 0.29) is 18.5 Å². The summed E-state index contributed by atoms with van der Waals surface area (Å²) < 4.78 is 0. The fourth-order valence-corrected chi connectivity index (χ4v) is 2.30.